The van der Waals surface area contributed by atoms with Crippen molar-refractivity contribution in [3.63, 3.8) is 0 Å². The predicted octanol–water partition coefficient (Wildman–Crippen LogP) is 4.39. The van der Waals surface area contributed by atoms with E-state index in [1.165, 1.54) is 11.1 Å². The van der Waals surface area contributed by atoms with Gasteiger partial charge in [-0.2, -0.15) is 0 Å². The first kappa shape index (κ1) is 22.5. The predicted molar refractivity (Wildman–Crippen MR) is 122 cm³/mol. The molecule has 0 spiro atoms. The van der Waals surface area contributed by atoms with E-state index in [1.54, 1.807) is 6.92 Å². The van der Waals surface area contributed by atoms with Crippen molar-refractivity contribution >= 4 is 23.5 Å². The van der Waals surface area contributed by atoms with Crippen LogP contribution < -0.4 is 10.6 Å². The fraction of sp³-hybridized carbons (Fsp3) is 0.400. The van der Waals surface area contributed by atoms with E-state index in [-0.39, 0.29) is 6.54 Å². The van der Waals surface area contributed by atoms with Gasteiger partial charge in [0.25, 0.3) is 5.91 Å². The number of rotatable bonds is 9. The fourth-order valence-corrected chi connectivity index (χ4v) is 3.81. The largest absolute Gasteiger partial charge is 0.325 e. The van der Waals surface area contributed by atoms with Crippen LogP contribution in [-0.4, -0.2) is 29.3 Å². The summed E-state index contributed by atoms with van der Waals surface area (Å²) in [6, 6.07) is 14.8. The first-order valence-electron chi connectivity index (χ1n) is 11.0. The molecule has 3 rings (SSSR count). The molecule has 1 heterocycles. The molecule has 2 aromatic carbocycles. The van der Waals surface area contributed by atoms with Crippen LogP contribution in [0.3, 0.4) is 0 Å². The van der Waals surface area contributed by atoms with Gasteiger partial charge in [-0.15, -0.1) is 0 Å². The summed E-state index contributed by atoms with van der Waals surface area (Å²) in [5.41, 5.74) is 2.57. The third-order valence-corrected chi connectivity index (χ3v) is 5.70. The highest BCUT2D eigenvalue weighted by atomic mass is 16.2. The molecule has 0 aromatic heterocycles. The lowest BCUT2D eigenvalue weighted by Crippen LogP contribution is -2.42. The Kier molecular flexibility index (Phi) is 7.10. The van der Waals surface area contributed by atoms with Gasteiger partial charge >= 0.3 is 6.03 Å². The van der Waals surface area contributed by atoms with Gasteiger partial charge in [0.2, 0.25) is 5.91 Å². The van der Waals surface area contributed by atoms with Gasteiger partial charge in [0.05, 0.1) is 0 Å². The Morgan fingerprint density at radius 2 is 1.55 bits per heavy atom. The second kappa shape index (κ2) is 9.77. The molecule has 0 bridgehead atoms. The number of amides is 4. The number of anilines is 1. The van der Waals surface area contributed by atoms with Crippen LogP contribution in [0.2, 0.25) is 0 Å². The van der Waals surface area contributed by atoms with Gasteiger partial charge < -0.3 is 10.6 Å². The van der Waals surface area contributed by atoms with Crippen molar-refractivity contribution in [3.8, 4) is 0 Å². The molecule has 1 aliphatic heterocycles. The molecule has 1 fully saturated rings. The van der Waals surface area contributed by atoms with Crippen LogP contribution in [0, 0.1) is 0 Å². The van der Waals surface area contributed by atoms with Gasteiger partial charge in [-0.3, -0.25) is 14.5 Å². The minimum atomic E-state index is -1.18. The van der Waals surface area contributed by atoms with Crippen LogP contribution in [-0.2, 0) is 28.0 Å². The number of carbonyl (C=O) groups is 3. The Balaban J connectivity index is 1.64. The van der Waals surface area contributed by atoms with E-state index in [2.05, 4.69) is 24.5 Å². The standard InChI is InChI=1S/C25H31N3O3/c1-4-6-8-19-11-15-21(16-12-19)26-22(29)17-28-23(30)25(3,27-24(28)31)20-13-9-18(7-5-2)10-14-20/h9-16H,4-8,17H2,1-3H3,(H,26,29)(H,27,31)/t25-/m1/s1. The summed E-state index contributed by atoms with van der Waals surface area (Å²) >= 11 is 0. The Morgan fingerprint density at radius 3 is 2.16 bits per heavy atom. The van der Waals surface area contributed by atoms with Crippen molar-refractivity contribution in [3.05, 3.63) is 65.2 Å². The molecule has 4 amide bonds. The molecule has 164 valence electrons. The van der Waals surface area contributed by atoms with Gasteiger partial charge in [0, 0.05) is 5.69 Å². The van der Waals surface area contributed by atoms with Crippen molar-refractivity contribution < 1.29 is 14.4 Å². The minimum absolute atomic E-state index is 0.328. The number of hydrogen-bond acceptors (Lipinski definition) is 3. The second-order valence-electron chi connectivity index (χ2n) is 8.24. The zero-order valence-corrected chi connectivity index (χ0v) is 18.5. The molecule has 0 unspecified atom stereocenters. The van der Waals surface area contributed by atoms with Crippen LogP contribution in [0.15, 0.2) is 48.5 Å². The summed E-state index contributed by atoms with van der Waals surface area (Å²) in [5.74, 6) is -0.835. The number of imide groups is 1. The van der Waals surface area contributed by atoms with Crippen molar-refractivity contribution in [2.45, 2.75) is 58.4 Å². The maximum absolute atomic E-state index is 13.0. The van der Waals surface area contributed by atoms with E-state index in [0.29, 0.717) is 11.3 Å². The Hall–Kier alpha value is -3.15. The number of aryl methyl sites for hydroxylation is 2. The molecular weight excluding hydrogens is 390 g/mol. The van der Waals surface area contributed by atoms with Gasteiger partial charge in [-0.05, 0) is 55.0 Å². The van der Waals surface area contributed by atoms with E-state index in [9.17, 15) is 14.4 Å². The first-order valence-corrected chi connectivity index (χ1v) is 11.0. The highest BCUT2D eigenvalue weighted by Crippen LogP contribution is 2.29. The minimum Gasteiger partial charge on any atom is -0.325 e. The summed E-state index contributed by atoms with van der Waals surface area (Å²) in [6.07, 6.45) is 5.26. The molecule has 6 heteroatoms. The number of benzene rings is 2. The third-order valence-electron chi connectivity index (χ3n) is 5.70. The zero-order valence-electron chi connectivity index (χ0n) is 18.5. The monoisotopic (exact) mass is 421 g/mol. The topological polar surface area (TPSA) is 78.5 Å². The number of unbranched alkanes of at least 4 members (excludes halogenated alkanes) is 1. The van der Waals surface area contributed by atoms with Crippen LogP contribution in [0.5, 0.6) is 0 Å². The van der Waals surface area contributed by atoms with E-state index >= 15 is 0 Å². The van der Waals surface area contributed by atoms with Crippen LogP contribution in [0.1, 0.15) is 56.7 Å². The summed E-state index contributed by atoms with van der Waals surface area (Å²) in [4.78, 5) is 39.0. The van der Waals surface area contributed by atoms with Gasteiger partial charge in [-0.1, -0.05) is 63.1 Å². The molecule has 0 aliphatic carbocycles. The van der Waals surface area contributed by atoms with E-state index in [1.807, 2.05) is 48.5 Å². The van der Waals surface area contributed by atoms with Crippen molar-refractivity contribution in [1.82, 2.24) is 10.2 Å². The van der Waals surface area contributed by atoms with E-state index < -0.39 is 23.4 Å². The molecule has 6 nitrogen and oxygen atoms in total. The third kappa shape index (κ3) is 5.13. The number of nitrogens with zero attached hydrogens (tertiary/aromatic N) is 1. The van der Waals surface area contributed by atoms with Gasteiger partial charge in [0.15, 0.2) is 0 Å². The van der Waals surface area contributed by atoms with E-state index in [4.69, 9.17) is 0 Å². The molecular formula is C25H31N3O3. The number of carbonyl (C=O) groups excluding carboxylic acids is 3. The average molecular weight is 422 g/mol. The number of hydrogen-bond donors (Lipinski definition) is 2. The van der Waals surface area contributed by atoms with E-state index in [0.717, 1.165) is 37.0 Å². The zero-order chi connectivity index (χ0) is 22.4. The van der Waals surface area contributed by atoms with Crippen molar-refractivity contribution in [1.29, 1.82) is 0 Å². The first-order chi connectivity index (χ1) is 14.9. The van der Waals surface area contributed by atoms with Crippen LogP contribution >= 0.6 is 0 Å². The maximum Gasteiger partial charge on any atom is 0.325 e. The number of nitrogens with one attached hydrogen (secondary N) is 2. The molecule has 31 heavy (non-hydrogen) atoms. The van der Waals surface area contributed by atoms with Crippen molar-refractivity contribution in [2.24, 2.45) is 0 Å². The molecule has 1 atom stereocenters. The molecule has 1 aliphatic rings. The smallest absolute Gasteiger partial charge is 0.325 e. The van der Waals surface area contributed by atoms with Crippen molar-refractivity contribution in [2.75, 3.05) is 11.9 Å². The fourth-order valence-electron chi connectivity index (χ4n) is 3.81. The number of urea groups is 1. The average Bonchev–Trinajstić information content (AvgIpc) is 2.98. The summed E-state index contributed by atoms with van der Waals surface area (Å²) in [6.45, 7) is 5.61. The lowest BCUT2D eigenvalue weighted by Gasteiger charge is -2.22. The lowest BCUT2D eigenvalue weighted by molar-refractivity contribution is -0.133. The molecule has 0 radical (unpaired) electrons. The SMILES string of the molecule is CCCCc1ccc(NC(=O)CN2C(=O)N[C@](C)(c3ccc(CCC)cc3)C2=O)cc1. The van der Waals surface area contributed by atoms with Crippen LogP contribution in [0.25, 0.3) is 0 Å². The lowest BCUT2D eigenvalue weighted by atomic mass is 9.91. The van der Waals surface area contributed by atoms with Gasteiger partial charge in [0.1, 0.15) is 12.1 Å². The summed E-state index contributed by atoms with van der Waals surface area (Å²) in [7, 11) is 0. The Morgan fingerprint density at radius 1 is 0.935 bits per heavy atom. The molecule has 0 saturated carbocycles. The summed E-state index contributed by atoms with van der Waals surface area (Å²) < 4.78 is 0. The molecule has 2 aromatic rings. The normalized spacial score (nSPS) is 18.2. The highest BCUT2D eigenvalue weighted by Gasteiger charge is 2.49. The maximum atomic E-state index is 13.0. The Labute approximate surface area is 184 Å². The van der Waals surface area contributed by atoms with Gasteiger partial charge in [-0.25, -0.2) is 4.79 Å². The Bertz CT molecular complexity index is 937. The molecule has 2 N–H and O–H groups in total. The second-order valence-corrected chi connectivity index (χ2v) is 8.24. The highest BCUT2D eigenvalue weighted by molar-refractivity contribution is 6.10. The molecule has 1 saturated heterocycles. The summed E-state index contributed by atoms with van der Waals surface area (Å²) in [5, 5.41) is 5.52. The quantitative estimate of drug-likeness (QED) is 0.590. The van der Waals surface area contributed by atoms with Crippen LogP contribution in [0.4, 0.5) is 10.5 Å².